The monoisotopic (exact) mass is 291 g/mol. The standard InChI is InChI=1S/C10H14ClN3O3S/c1-4(2)5(8(12)15)13-10-14-7(11)6(18-10)9(16)17-3/h4-5H,1-3H3,(H2,12,15)(H,13,14). The number of hydrogen-bond donors (Lipinski definition) is 2. The van der Waals surface area contributed by atoms with E-state index >= 15 is 0 Å². The number of nitrogens with zero attached hydrogens (tertiary/aromatic N) is 1. The molecule has 6 nitrogen and oxygen atoms in total. The largest absolute Gasteiger partial charge is 0.465 e. The molecule has 8 heteroatoms. The number of nitrogens with one attached hydrogen (secondary N) is 1. The fourth-order valence-electron chi connectivity index (χ4n) is 1.28. The molecule has 1 unspecified atom stereocenters. The summed E-state index contributed by atoms with van der Waals surface area (Å²) in [7, 11) is 1.26. The van der Waals surface area contributed by atoms with Gasteiger partial charge in [0.1, 0.15) is 6.04 Å². The summed E-state index contributed by atoms with van der Waals surface area (Å²) >= 11 is 6.82. The lowest BCUT2D eigenvalue weighted by atomic mass is 10.0. The van der Waals surface area contributed by atoms with Crippen LogP contribution in [0.5, 0.6) is 0 Å². The van der Waals surface area contributed by atoms with Gasteiger partial charge in [-0.25, -0.2) is 9.78 Å². The van der Waals surface area contributed by atoms with Crippen LogP contribution in [0.1, 0.15) is 23.5 Å². The number of rotatable bonds is 5. The number of ether oxygens (including phenoxy) is 1. The van der Waals surface area contributed by atoms with Crippen molar-refractivity contribution in [3.63, 3.8) is 0 Å². The maximum Gasteiger partial charge on any atom is 0.351 e. The minimum Gasteiger partial charge on any atom is -0.465 e. The number of halogens is 1. The average molecular weight is 292 g/mol. The van der Waals surface area contributed by atoms with Crippen molar-refractivity contribution < 1.29 is 14.3 Å². The Labute approximate surface area is 113 Å². The molecule has 1 heterocycles. The van der Waals surface area contributed by atoms with Gasteiger partial charge in [0.2, 0.25) is 5.91 Å². The van der Waals surface area contributed by atoms with Crippen molar-refractivity contribution in [2.75, 3.05) is 12.4 Å². The second-order valence-electron chi connectivity index (χ2n) is 3.90. The normalized spacial score (nSPS) is 12.3. The van der Waals surface area contributed by atoms with Gasteiger partial charge in [0.05, 0.1) is 7.11 Å². The number of aromatic nitrogens is 1. The van der Waals surface area contributed by atoms with Crippen molar-refractivity contribution >= 4 is 39.9 Å². The molecule has 0 aliphatic rings. The summed E-state index contributed by atoms with van der Waals surface area (Å²) in [6, 6.07) is -0.572. The molecule has 0 saturated heterocycles. The Morgan fingerprint density at radius 3 is 2.56 bits per heavy atom. The van der Waals surface area contributed by atoms with Crippen molar-refractivity contribution in [2.45, 2.75) is 19.9 Å². The number of amides is 1. The summed E-state index contributed by atoms with van der Waals surface area (Å²) in [5, 5.41) is 3.26. The van der Waals surface area contributed by atoms with Gasteiger partial charge in [-0.1, -0.05) is 36.8 Å². The number of primary amides is 1. The van der Waals surface area contributed by atoms with Crippen molar-refractivity contribution in [1.29, 1.82) is 0 Å². The average Bonchev–Trinajstić information content (AvgIpc) is 2.65. The van der Waals surface area contributed by atoms with E-state index in [1.54, 1.807) is 0 Å². The smallest absolute Gasteiger partial charge is 0.351 e. The molecule has 0 saturated carbocycles. The van der Waals surface area contributed by atoms with Crippen LogP contribution in [0, 0.1) is 5.92 Å². The van der Waals surface area contributed by atoms with Crippen molar-refractivity contribution in [3.8, 4) is 0 Å². The third-order valence-corrected chi connectivity index (χ3v) is 3.56. The SMILES string of the molecule is COC(=O)c1sc(NC(C(N)=O)C(C)C)nc1Cl. The number of methoxy groups -OCH3 is 1. The Hall–Kier alpha value is -1.34. The molecule has 1 amide bonds. The molecule has 1 atom stereocenters. The van der Waals surface area contributed by atoms with E-state index in [1.165, 1.54) is 7.11 Å². The molecule has 0 aliphatic carbocycles. The van der Waals surface area contributed by atoms with E-state index in [0.29, 0.717) is 5.13 Å². The Morgan fingerprint density at radius 1 is 1.50 bits per heavy atom. The summed E-state index contributed by atoms with van der Waals surface area (Å²) in [5.74, 6) is -1.06. The quantitative estimate of drug-likeness (QED) is 0.802. The Bertz CT molecular complexity index is 461. The number of thiazole rings is 1. The minimum absolute atomic E-state index is 0.00764. The highest BCUT2D eigenvalue weighted by Gasteiger charge is 2.23. The van der Waals surface area contributed by atoms with Crippen LogP contribution in [0.3, 0.4) is 0 Å². The van der Waals surface area contributed by atoms with Gasteiger partial charge in [-0.15, -0.1) is 0 Å². The van der Waals surface area contributed by atoms with Crippen LogP contribution in [0.25, 0.3) is 0 Å². The zero-order valence-electron chi connectivity index (χ0n) is 10.2. The summed E-state index contributed by atoms with van der Waals surface area (Å²) in [6.45, 7) is 3.69. The number of anilines is 1. The van der Waals surface area contributed by atoms with Crippen LogP contribution in [0.4, 0.5) is 5.13 Å². The molecule has 0 aliphatic heterocycles. The molecule has 0 radical (unpaired) electrons. The van der Waals surface area contributed by atoms with E-state index < -0.39 is 17.9 Å². The van der Waals surface area contributed by atoms with Gasteiger partial charge in [-0.3, -0.25) is 4.79 Å². The van der Waals surface area contributed by atoms with Gasteiger partial charge >= 0.3 is 5.97 Å². The lowest BCUT2D eigenvalue weighted by Gasteiger charge is -2.17. The van der Waals surface area contributed by atoms with Crippen molar-refractivity contribution in [3.05, 3.63) is 10.0 Å². The highest BCUT2D eigenvalue weighted by atomic mass is 35.5. The topological polar surface area (TPSA) is 94.3 Å². The van der Waals surface area contributed by atoms with E-state index in [2.05, 4.69) is 15.0 Å². The van der Waals surface area contributed by atoms with E-state index in [-0.39, 0.29) is 15.9 Å². The van der Waals surface area contributed by atoms with E-state index in [1.807, 2.05) is 13.8 Å². The van der Waals surface area contributed by atoms with Gasteiger partial charge < -0.3 is 15.8 Å². The first-order valence-corrected chi connectivity index (χ1v) is 6.36. The van der Waals surface area contributed by atoms with Gasteiger partial charge in [-0.05, 0) is 5.92 Å². The highest BCUT2D eigenvalue weighted by molar-refractivity contribution is 7.18. The van der Waals surface area contributed by atoms with Gasteiger partial charge in [0.15, 0.2) is 15.2 Å². The number of carbonyl (C=O) groups excluding carboxylic acids is 2. The van der Waals surface area contributed by atoms with Crippen LogP contribution in [0.15, 0.2) is 0 Å². The second kappa shape index (κ2) is 6.01. The van der Waals surface area contributed by atoms with Gasteiger partial charge in [-0.2, -0.15) is 0 Å². The predicted molar refractivity (Wildman–Crippen MR) is 69.9 cm³/mol. The molecule has 1 aromatic heterocycles. The predicted octanol–water partition coefficient (Wildman–Crippen LogP) is 1.50. The van der Waals surface area contributed by atoms with Crippen LogP contribution < -0.4 is 11.1 Å². The maximum absolute atomic E-state index is 11.3. The molecule has 0 fully saturated rings. The first kappa shape index (κ1) is 14.7. The zero-order valence-corrected chi connectivity index (χ0v) is 11.8. The zero-order chi connectivity index (χ0) is 13.9. The third kappa shape index (κ3) is 3.33. The third-order valence-electron chi connectivity index (χ3n) is 2.21. The molecule has 0 bridgehead atoms. The molecular weight excluding hydrogens is 278 g/mol. The Kier molecular flexibility index (Phi) is 4.92. The molecule has 0 spiro atoms. The summed E-state index contributed by atoms with van der Waals surface area (Å²) in [5.41, 5.74) is 5.27. The van der Waals surface area contributed by atoms with E-state index in [4.69, 9.17) is 17.3 Å². The molecule has 0 aromatic carbocycles. The van der Waals surface area contributed by atoms with Gasteiger partial charge in [0.25, 0.3) is 0 Å². The van der Waals surface area contributed by atoms with Crippen LogP contribution in [0.2, 0.25) is 5.15 Å². The fraction of sp³-hybridized carbons (Fsp3) is 0.500. The van der Waals surface area contributed by atoms with E-state index in [9.17, 15) is 9.59 Å². The number of nitrogens with two attached hydrogens (primary N) is 1. The summed E-state index contributed by atoms with van der Waals surface area (Å²) in [6.07, 6.45) is 0. The van der Waals surface area contributed by atoms with Crippen molar-refractivity contribution in [1.82, 2.24) is 4.98 Å². The highest BCUT2D eigenvalue weighted by Crippen LogP contribution is 2.28. The van der Waals surface area contributed by atoms with Crippen LogP contribution >= 0.6 is 22.9 Å². The summed E-state index contributed by atoms with van der Waals surface area (Å²) in [4.78, 5) is 26.7. The summed E-state index contributed by atoms with van der Waals surface area (Å²) < 4.78 is 4.56. The van der Waals surface area contributed by atoms with Crippen LogP contribution in [-0.4, -0.2) is 30.0 Å². The second-order valence-corrected chi connectivity index (χ2v) is 5.26. The maximum atomic E-state index is 11.3. The number of hydrogen-bond acceptors (Lipinski definition) is 6. The lowest BCUT2D eigenvalue weighted by molar-refractivity contribution is -0.119. The first-order valence-electron chi connectivity index (χ1n) is 5.17. The first-order chi connectivity index (χ1) is 8.36. The van der Waals surface area contributed by atoms with Crippen molar-refractivity contribution in [2.24, 2.45) is 11.7 Å². The molecule has 1 aromatic rings. The molecule has 1 rings (SSSR count). The minimum atomic E-state index is -0.572. The number of esters is 1. The fourth-order valence-corrected chi connectivity index (χ4v) is 2.42. The molecular formula is C10H14ClN3O3S. The Morgan fingerprint density at radius 2 is 2.11 bits per heavy atom. The van der Waals surface area contributed by atoms with E-state index in [0.717, 1.165) is 11.3 Å². The van der Waals surface area contributed by atoms with Gasteiger partial charge in [0, 0.05) is 0 Å². The molecule has 100 valence electrons. The molecule has 18 heavy (non-hydrogen) atoms. The lowest BCUT2D eigenvalue weighted by Crippen LogP contribution is -2.39. The Balaban J connectivity index is 2.92. The van der Waals surface area contributed by atoms with Crippen LogP contribution in [-0.2, 0) is 9.53 Å². The molecule has 3 N–H and O–H groups in total. The number of carbonyl (C=O) groups is 2.